The number of benzene rings is 1. The number of rotatable bonds is 6. The molecule has 164 valence electrons. The summed E-state index contributed by atoms with van der Waals surface area (Å²) in [5.41, 5.74) is 4.05. The molecule has 1 aliphatic carbocycles. The molecule has 3 N–H and O–H groups in total. The maximum atomic E-state index is 4.94. The van der Waals surface area contributed by atoms with Crippen LogP contribution in [0.15, 0.2) is 30.5 Å². The number of aromatic nitrogens is 4. The molecule has 1 aliphatic heterocycles. The first kappa shape index (κ1) is 20.2. The van der Waals surface area contributed by atoms with Crippen LogP contribution in [0.25, 0.3) is 11.2 Å². The van der Waals surface area contributed by atoms with Crippen molar-refractivity contribution in [3.05, 3.63) is 36.0 Å². The molecule has 1 saturated carbocycles. The largest absolute Gasteiger partial charge is 0.351 e. The summed E-state index contributed by atoms with van der Waals surface area (Å²) in [5.74, 6) is 2.21. The average Bonchev–Trinajstić information content (AvgIpc) is 3.13. The van der Waals surface area contributed by atoms with Crippen LogP contribution in [0.3, 0.4) is 0 Å². The highest BCUT2D eigenvalue weighted by atomic mass is 15.3. The normalized spacial score (nSPS) is 18.4. The summed E-state index contributed by atoms with van der Waals surface area (Å²) < 4.78 is 2.27. The second-order valence-corrected chi connectivity index (χ2v) is 9.06. The van der Waals surface area contributed by atoms with Gasteiger partial charge in [0.15, 0.2) is 5.65 Å². The fourth-order valence-electron chi connectivity index (χ4n) is 4.84. The zero-order valence-corrected chi connectivity index (χ0v) is 18.4. The van der Waals surface area contributed by atoms with E-state index in [-0.39, 0.29) is 0 Å². The molecule has 0 amide bonds. The van der Waals surface area contributed by atoms with E-state index in [0.717, 1.165) is 48.4 Å². The number of hydrogen-bond donors (Lipinski definition) is 3. The number of aryl methyl sites for hydroxylation is 1. The van der Waals surface area contributed by atoms with Gasteiger partial charge >= 0.3 is 0 Å². The topological polar surface area (TPSA) is 79.7 Å². The molecule has 5 rings (SSSR count). The Balaban J connectivity index is 1.48. The van der Waals surface area contributed by atoms with E-state index in [2.05, 4.69) is 56.7 Å². The molecule has 1 aromatic carbocycles. The maximum Gasteiger partial charge on any atom is 0.224 e. The van der Waals surface area contributed by atoms with Gasteiger partial charge in [-0.1, -0.05) is 37.5 Å². The van der Waals surface area contributed by atoms with Gasteiger partial charge in [0.1, 0.15) is 5.52 Å². The molecule has 0 atom stereocenters. The Morgan fingerprint density at radius 2 is 1.84 bits per heavy atom. The minimum atomic E-state index is 0.483. The summed E-state index contributed by atoms with van der Waals surface area (Å²) in [6.07, 6.45) is 10.6. The van der Waals surface area contributed by atoms with Crippen LogP contribution in [0.5, 0.6) is 0 Å². The van der Waals surface area contributed by atoms with Crippen molar-refractivity contribution in [2.75, 3.05) is 23.7 Å². The number of nitrogens with zero attached hydrogens (tertiary/aromatic N) is 4. The zero-order valence-electron chi connectivity index (χ0n) is 18.4. The molecule has 0 radical (unpaired) electrons. The van der Waals surface area contributed by atoms with Gasteiger partial charge in [-0.2, -0.15) is 4.98 Å². The molecule has 3 heterocycles. The van der Waals surface area contributed by atoms with Gasteiger partial charge in [-0.3, -0.25) is 4.57 Å². The van der Waals surface area contributed by atoms with Crippen molar-refractivity contribution < 1.29 is 0 Å². The van der Waals surface area contributed by atoms with Crippen molar-refractivity contribution in [1.82, 2.24) is 24.8 Å². The van der Waals surface area contributed by atoms with E-state index in [1.165, 1.54) is 50.5 Å². The van der Waals surface area contributed by atoms with Crippen LogP contribution >= 0.6 is 0 Å². The van der Waals surface area contributed by atoms with E-state index in [0.29, 0.717) is 12.0 Å². The maximum absolute atomic E-state index is 4.94. The van der Waals surface area contributed by atoms with Gasteiger partial charge in [0.25, 0.3) is 0 Å². The molecule has 7 heteroatoms. The van der Waals surface area contributed by atoms with Crippen molar-refractivity contribution in [1.29, 1.82) is 0 Å². The van der Waals surface area contributed by atoms with Crippen molar-refractivity contribution in [2.24, 2.45) is 5.92 Å². The van der Waals surface area contributed by atoms with Crippen LogP contribution in [-0.2, 0) is 6.54 Å². The van der Waals surface area contributed by atoms with E-state index in [9.17, 15) is 0 Å². The van der Waals surface area contributed by atoms with Gasteiger partial charge in [0.2, 0.25) is 11.9 Å². The zero-order chi connectivity index (χ0) is 21.0. The second-order valence-electron chi connectivity index (χ2n) is 9.06. The quantitative estimate of drug-likeness (QED) is 0.541. The first-order chi connectivity index (χ1) is 15.3. The Kier molecular flexibility index (Phi) is 6.02. The molecule has 2 aliphatic rings. The predicted octanol–water partition coefficient (Wildman–Crippen LogP) is 4.62. The van der Waals surface area contributed by atoms with E-state index < -0.39 is 0 Å². The van der Waals surface area contributed by atoms with E-state index >= 15 is 0 Å². The van der Waals surface area contributed by atoms with Crippen LogP contribution in [0, 0.1) is 12.8 Å². The molecule has 2 fully saturated rings. The first-order valence-corrected chi connectivity index (χ1v) is 11.8. The highest BCUT2D eigenvalue weighted by Crippen LogP contribution is 2.27. The molecule has 0 spiro atoms. The van der Waals surface area contributed by atoms with Gasteiger partial charge in [-0.15, -0.1) is 0 Å². The monoisotopic (exact) mass is 419 g/mol. The molecule has 31 heavy (non-hydrogen) atoms. The molecular weight excluding hydrogens is 386 g/mol. The highest BCUT2D eigenvalue weighted by Gasteiger charge is 2.21. The lowest BCUT2D eigenvalue weighted by atomic mass is 9.96. The van der Waals surface area contributed by atoms with E-state index in [4.69, 9.17) is 9.97 Å². The number of hydrogen-bond acceptors (Lipinski definition) is 6. The molecule has 1 saturated heterocycles. The highest BCUT2D eigenvalue weighted by molar-refractivity contribution is 5.76. The number of piperidine rings is 1. The summed E-state index contributed by atoms with van der Waals surface area (Å²) in [6, 6.07) is 8.82. The number of imidazole rings is 1. The summed E-state index contributed by atoms with van der Waals surface area (Å²) in [6.45, 7) is 5.21. The third kappa shape index (κ3) is 4.66. The van der Waals surface area contributed by atoms with Gasteiger partial charge in [-0.25, -0.2) is 9.97 Å². The lowest BCUT2D eigenvalue weighted by Gasteiger charge is -2.24. The Morgan fingerprint density at radius 3 is 2.65 bits per heavy atom. The predicted molar refractivity (Wildman–Crippen MR) is 126 cm³/mol. The fraction of sp³-hybridized carbons (Fsp3) is 0.542. The number of nitrogens with one attached hydrogen (secondary N) is 3. The standard InChI is InChI=1S/C24H33N7/c1-17-7-5-6-10-20(17)28-24-29-21-15-26-23(27-19-8-3-2-4-9-19)30-22(21)31(24)16-18-11-13-25-14-12-18/h5-7,10,15,18-19,25H,2-4,8-9,11-14,16H2,1H3,(H,28,29)(H,26,27,30). The van der Waals surface area contributed by atoms with Crippen LogP contribution in [0.1, 0.15) is 50.5 Å². The van der Waals surface area contributed by atoms with Crippen LogP contribution in [-0.4, -0.2) is 38.7 Å². The number of anilines is 3. The van der Waals surface area contributed by atoms with Crippen molar-refractivity contribution in [2.45, 2.75) is 64.5 Å². The third-order valence-electron chi connectivity index (χ3n) is 6.72. The van der Waals surface area contributed by atoms with Crippen LogP contribution in [0.4, 0.5) is 17.6 Å². The molecule has 7 nitrogen and oxygen atoms in total. The summed E-state index contributed by atoms with van der Waals surface area (Å²) in [7, 11) is 0. The average molecular weight is 420 g/mol. The Hall–Kier alpha value is -2.67. The van der Waals surface area contributed by atoms with E-state index in [1.54, 1.807) is 0 Å². The molecule has 0 bridgehead atoms. The van der Waals surface area contributed by atoms with Crippen molar-refractivity contribution in [3.63, 3.8) is 0 Å². The van der Waals surface area contributed by atoms with Gasteiger partial charge < -0.3 is 16.0 Å². The fourth-order valence-corrected chi connectivity index (χ4v) is 4.84. The number of para-hydroxylation sites is 1. The lowest BCUT2D eigenvalue weighted by Crippen LogP contribution is -2.30. The number of fused-ring (bicyclic) bond motifs is 1. The Bertz CT molecular complexity index is 1020. The summed E-state index contributed by atoms with van der Waals surface area (Å²) >= 11 is 0. The van der Waals surface area contributed by atoms with Crippen LogP contribution in [0.2, 0.25) is 0 Å². The van der Waals surface area contributed by atoms with Crippen molar-refractivity contribution in [3.8, 4) is 0 Å². The summed E-state index contributed by atoms with van der Waals surface area (Å²) in [5, 5.41) is 10.6. The SMILES string of the molecule is Cc1ccccc1Nc1nc2cnc(NC3CCCCC3)nc2n1CC1CCNCC1. The molecular formula is C24H33N7. The van der Waals surface area contributed by atoms with Crippen molar-refractivity contribution >= 4 is 28.7 Å². The lowest BCUT2D eigenvalue weighted by molar-refractivity contribution is 0.337. The smallest absolute Gasteiger partial charge is 0.224 e. The Labute approximate surface area is 184 Å². The van der Waals surface area contributed by atoms with Crippen LogP contribution < -0.4 is 16.0 Å². The van der Waals surface area contributed by atoms with Gasteiger partial charge in [0.05, 0.1) is 6.20 Å². The molecule has 3 aromatic rings. The Morgan fingerprint density at radius 1 is 1.03 bits per heavy atom. The van der Waals surface area contributed by atoms with Gasteiger partial charge in [-0.05, 0) is 63.2 Å². The minimum Gasteiger partial charge on any atom is -0.351 e. The second kappa shape index (κ2) is 9.22. The first-order valence-electron chi connectivity index (χ1n) is 11.8. The molecule has 2 aromatic heterocycles. The van der Waals surface area contributed by atoms with Gasteiger partial charge in [0, 0.05) is 18.3 Å². The third-order valence-corrected chi connectivity index (χ3v) is 6.72. The summed E-state index contributed by atoms with van der Waals surface area (Å²) in [4.78, 5) is 14.4. The minimum absolute atomic E-state index is 0.483. The molecule has 0 unspecified atom stereocenters. The van der Waals surface area contributed by atoms with E-state index in [1.807, 2.05) is 6.20 Å².